The zero-order chi connectivity index (χ0) is 11.9. The van der Waals surface area contributed by atoms with Gasteiger partial charge in [-0.1, -0.05) is 29.8 Å². The molecule has 0 aliphatic carbocycles. The zero-order valence-corrected chi connectivity index (χ0v) is 10.1. The number of carbonyl (C=O) groups is 1. The number of halogens is 1. The summed E-state index contributed by atoms with van der Waals surface area (Å²) in [6.45, 7) is 1.91. The summed E-state index contributed by atoms with van der Waals surface area (Å²) in [6.07, 6.45) is 0.190. The highest BCUT2D eigenvalue weighted by molar-refractivity contribution is 8.12. The summed E-state index contributed by atoms with van der Waals surface area (Å²) in [6, 6.07) is 6.93. The second-order valence-electron chi connectivity index (χ2n) is 3.77. The molecule has 1 aromatic rings. The summed E-state index contributed by atoms with van der Waals surface area (Å²) < 4.78 is 23.1. The fourth-order valence-corrected chi connectivity index (χ4v) is 3.14. The fourth-order valence-electron chi connectivity index (χ4n) is 1.80. The first-order chi connectivity index (χ1) is 7.39. The Morgan fingerprint density at radius 2 is 2.12 bits per heavy atom. The Morgan fingerprint density at radius 3 is 2.62 bits per heavy atom. The van der Waals surface area contributed by atoms with Crippen LogP contribution in [0.4, 0.5) is 0 Å². The van der Waals surface area contributed by atoms with Gasteiger partial charge in [0.15, 0.2) is 0 Å². The van der Waals surface area contributed by atoms with Crippen LogP contribution < -0.4 is 0 Å². The molecule has 16 heavy (non-hydrogen) atoms. The number of β-lactam (4-membered cyclic amide) rings is 1. The van der Waals surface area contributed by atoms with Crippen LogP contribution in [0.25, 0.3) is 0 Å². The van der Waals surface area contributed by atoms with Crippen molar-refractivity contribution in [1.82, 2.24) is 4.31 Å². The van der Waals surface area contributed by atoms with Gasteiger partial charge in [-0.25, -0.2) is 4.31 Å². The van der Waals surface area contributed by atoms with Gasteiger partial charge in [0.25, 0.3) is 0 Å². The molecule has 0 bridgehead atoms. The lowest BCUT2D eigenvalue weighted by Crippen LogP contribution is -2.47. The second kappa shape index (κ2) is 3.75. The Balaban J connectivity index is 2.34. The van der Waals surface area contributed by atoms with Crippen LogP contribution in [-0.2, 0) is 14.0 Å². The van der Waals surface area contributed by atoms with Crippen molar-refractivity contribution in [3.8, 4) is 0 Å². The minimum atomic E-state index is -3.97. The monoisotopic (exact) mass is 259 g/mol. The van der Waals surface area contributed by atoms with Gasteiger partial charge < -0.3 is 0 Å². The van der Waals surface area contributed by atoms with E-state index in [1.165, 1.54) is 0 Å². The normalized spacial score (nSPS) is 20.8. The van der Waals surface area contributed by atoms with Gasteiger partial charge in [-0.3, -0.25) is 4.79 Å². The molecular formula is C10H10ClNO3S. The Hall–Kier alpha value is -1.07. The smallest absolute Gasteiger partial charge is 0.274 e. The highest BCUT2D eigenvalue weighted by Crippen LogP contribution is 2.38. The molecule has 0 saturated carbocycles. The van der Waals surface area contributed by atoms with Crippen LogP contribution in [-0.4, -0.2) is 18.6 Å². The summed E-state index contributed by atoms with van der Waals surface area (Å²) in [5.74, 6) is -0.457. The maximum atomic E-state index is 11.2. The van der Waals surface area contributed by atoms with Gasteiger partial charge in [-0.15, -0.1) is 0 Å². The van der Waals surface area contributed by atoms with Crippen molar-refractivity contribution in [2.45, 2.75) is 19.4 Å². The number of aryl methyl sites for hydroxylation is 1. The largest absolute Gasteiger partial charge is 0.324 e. The molecule has 1 aromatic carbocycles. The van der Waals surface area contributed by atoms with Crippen LogP contribution in [0.3, 0.4) is 0 Å². The molecule has 1 amide bonds. The quantitative estimate of drug-likeness (QED) is 0.601. The molecule has 0 spiro atoms. The zero-order valence-electron chi connectivity index (χ0n) is 8.55. The van der Waals surface area contributed by atoms with Gasteiger partial charge in [0.2, 0.25) is 5.91 Å². The minimum Gasteiger partial charge on any atom is -0.274 e. The molecule has 1 unspecified atom stereocenters. The van der Waals surface area contributed by atoms with Crippen molar-refractivity contribution >= 4 is 25.8 Å². The van der Waals surface area contributed by atoms with Crippen LogP contribution >= 0.6 is 10.7 Å². The van der Waals surface area contributed by atoms with Crippen molar-refractivity contribution in [3.63, 3.8) is 0 Å². The van der Waals surface area contributed by atoms with Crippen molar-refractivity contribution in [1.29, 1.82) is 0 Å². The summed E-state index contributed by atoms with van der Waals surface area (Å²) in [5.41, 5.74) is 1.81. The molecule has 1 aliphatic heterocycles. The molecule has 1 fully saturated rings. The van der Waals surface area contributed by atoms with E-state index < -0.39 is 21.2 Å². The van der Waals surface area contributed by atoms with Crippen LogP contribution in [0.2, 0.25) is 0 Å². The number of hydrogen-bond donors (Lipinski definition) is 0. The minimum absolute atomic E-state index is 0.190. The average molecular weight is 260 g/mol. The van der Waals surface area contributed by atoms with Gasteiger partial charge in [0.1, 0.15) is 0 Å². The average Bonchev–Trinajstić information content (AvgIpc) is 2.11. The Labute approximate surface area is 98.4 Å². The number of carbonyl (C=O) groups excluding carboxylic acids is 1. The number of amides is 1. The summed E-state index contributed by atoms with van der Waals surface area (Å²) >= 11 is 0. The highest BCUT2D eigenvalue weighted by atomic mass is 35.7. The molecule has 86 valence electrons. The third-order valence-electron chi connectivity index (χ3n) is 2.56. The molecule has 2 rings (SSSR count). The number of nitrogens with zero attached hydrogens (tertiary/aromatic N) is 1. The molecule has 1 heterocycles. The van der Waals surface area contributed by atoms with E-state index in [1.807, 2.05) is 25.1 Å². The number of benzene rings is 1. The van der Waals surface area contributed by atoms with Gasteiger partial charge in [-0.2, -0.15) is 8.42 Å². The SMILES string of the molecule is Cc1cccc(C2CC(=O)N2S(=O)(=O)Cl)c1. The van der Waals surface area contributed by atoms with Crippen molar-refractivity contribution in [2.75, 3.05) is 0 Å². The third kappa shape index (κ3) is 1.92. The lowest BCUT2D eigenvalue weighted by atomic mass is 9.96. The Bertz CT molecular complexity index is 541. The fraction of sp³-hybridized carbons (Fsp3) is 0.300. The Morgan fingerprint density at radius 1 is 1.44 bits per heavy atom. The van der Waals surface area contributed by atoms with E-state index >= 15 is 0 Å². The third-order valence-corrected chi connectivity index (χ3v) is 3.93. The summed E-state index contributed by atoms with van der Waals surface area (Å²) in [7, 11) is 1.22. The molecule has 1 atom stereocenters. The molecule has 1 aliphatic rings. The van der Waals surface area contributed by atoms with Gasteiger partial charge >= 0.3 is 9.24 Å². The standard InChI is InChI=1S/C10H10ClNO3S/c1-7-3-2-4-8(5-7)9-6-10(13)12(9)16(11,14)15/h2-5,9H,6H2,1H3. The lowest BCUT2D eigenvalue weighted by molar-refractivity contribution is -0.137. The predicted octanol–water partition coefficient (Wildman–Crippen LogP) is 1.75. The van der Waals surface area contributed by atoms with Gasteiger partial charge in [0, 0.05) is 10.7 Å². The molecular weight excluding hydrogens is 250 g/mol. The summed E-state index contributed by atoms with van der Waals surface area (Å²) in [4.78, 5) is 11.2. The van der Waals surface area contributed by atoms with E-state index in [0.29, 0.717) is 0 Å². The van der Waals surface area contributed by atoms with E-state index in [9.17, 15) is 13.2 Å². The van der Waals surface area contributed by atoms with E-state index in [-0.39, 0.29) is 6.42 Å². The van der Waals surface area contributed by atoms with Crippen molar-refractivity contribution in [2.24, 2.45) is 0 Å². The summed E-state index contributed by atoms with van der Waals surface area (Å²) in [5, 5.41) is 0. The first-order valence-electron chi connectivity index (χ1n) is 4.73. The maximum Gasteiger partial charge on any atom is 0.324 e. The van der Waals surface area contributed by atoms with Crippen LogP contribution in [0, 0.1) is 6.92 Å². The predicted molar refractivity (Wildman–Crippen MR) is 60.2 cm³/mol. The van der Waals surface area contributed by atoms with Crippen LogP contribution in [0.15, 0.2) is 24.3 Å². The first-order valence-corrected chi connectivity index (χ1v) is 6.99. The van der Waals surface area contributed by atoms with Gasteiger partial charge in [0.05, 0.1) is 12.5 Å². The Kier molecular flexibility index (Phi) is 2.67. The van der Waals surface area contributed by atoms with E-state index in [2.05, 4.69) is 0 Å². The molecule has 0 radical (unpaired) electrons. The molecule has 0 N–H and O–H groups in total. The van der Waals surface area contributed by atoms with E-state index in [4.69, 9.17) is 10.7 Å². The van der Waals surface area contributed by atoms with E-state index in [0.717, 1.165) is 15.4 Å². The number of hydrogen-bond acceptors (Lipinski definition) is 3. The molecule has 4 nitrogen and oxygen atoms in total. The van der Waals surface area contributed by atoms with Crippen molar-refractivity contribution in [3.05, 3.63) is 35.4 Å². The maximum absolute atomic E-state index is 11.2. The lowest BCUT2D eigenvalue weighted by Gasteiger charge is -2.37. The number of rotatable bonds is 2. The van der Waals surface area contributed by atoms with Crippen molar-refractivity contribution < 1.29 is 13.2 Å². The molecule has 6 heteroatoms. The van der Waals surface area contributed by atoms with E-state index in [1.54, 1.807) is 6.07 Å². The van der Waals surface area contributed by atoms with Crippen LogP contribution in [0.5, 0.6) is 0 Å². The van der Waals surface area contributed by atoms with Crippen LogP contribution in [0.1, 0.15) is 23.6 Å². The topological polar surface area (TPSA) is 54.5 Å². The van der Waals surface area contributed by atoms with Gasteiger partial charge in [-0.05, 0) is 12.5 Å². The molecule has 0 aromatic heterocycles. The first kappa shape index (κ1) is 11.4. The second-order valence-corrected chi connectivity index (χ2v) is 6.15. The molecule has 1 saturated heterocycles. The highest BCUT2D eigenvalue weighted by Gasteiger charge is 2.44.